The second-order valence-electron chi connectivity index (χ2n) is 4.07. The average molecular weight is 219 g/mol. The van der Waals surface area contributed by atoms with Gasteiger partial charge in [0.25, 0.3) is 5.91 Å². The third-order valence-electron chi connectivity index (χ3n) is 2.90. The van der Waals surface area contributed by atoms with E-state index in [0.29, 0.717) is 11.4 Å². The van der Waals surface area contributed by atoms with Crippen LogP contribution in [0.4, 0.5) is 5.69 Å². The molecule has 1 amide bonds. The molecule has 1 heterocycles. The molecule has 3 rings (SSSR count). The van der Waals surface area contributed by atoms with E-state index in [-0.39, 0.29) is 11.5 Å². The van der Waals surface area contributed by atoms with Crippen LogP contribution in [0.5, 0.6) is 5.75 Å². The van der Waals surface area contributed by atoms with Crippen LogP contribution in [0.15, 0.2) is 18.2 Å². The van der Waals surface area contributed by atoms with Gasteiger partial charge in [0, 0.05) is 12.8 Å². The van der Waals surface area contributed by atoms with Gasteiger partial charge in [-0.05, 0) is 18.2 Å². The normalized spacial score (nSPS) is 19.6. The van der Waals surface area contributed by atoms with Gasteiger partial charge in [-0.3, -0.25) is 4.79 Å². The van der Waals surface area contributed by atoms with Crippen LogP contribution in [0.3, 0.4) is 0 Å². The molecule has 1 saturated carbocycles. The second-order valence-corrected chi connectivity index (χ2v) is 4.07. The summed E-state index contributed by atoms with van der Waals surface area (Å²) in [5.74, 6) is -0.659. The zero-order chi connectivity index (χ0) is 11.3. The number of nitrogens with one attached hydrogen (secondary N) is 1. The molecule has 1 fully saturated rings. The average Bonchev–Trinajstić information content (AvgIpc) is 3.00. The van der Waals surface area contributed by atoms with E-state index in [1.54, 1.807) is 6.07 Å². The van der Waals surface area contributed by atoms with E-state index in [1.165, 1.54) is 12.1 Å². The first kappa shape index (κ1) is 9.21. The molecule has 5 heteroatoms. The molecule has 0 aromatic heterocycles. The fraction of sp³-hybridized carbons (Fsp3) is 0.273. The molecule has 1 aromatic carbocycles. The number of fused-ring (bicyclic) bond motifs is 1. The molecule has 0 atom stereocenters. The maximum absolute atomic E-state index is 11.6. The molecule has 5 nitrogen and oxygen atoms in total. The number of aromatic carboxylic acids is 1. The van der Waals surface area contributed by atoms with E-state index in [2.05, 4.69) is 5.32 Å². The smallest absolute Gasteiger partial charge is 0.335 e. The summed E-state index contributed by atoms with van der Waals surface area (Å²) in [5.41, 5.74) is -0.116. The Morgan fingerprint density at radius 2 is 2.19 bits per heavy atom. The predicted molar refractivity (Wildman–Crippen MR) is 54.6 cm³/mol. The van der Waals surface area contributed by atoms with Gasteiger partial charge in [-0.2, -0.15) is 0 Å². The summed E-state index contributed by atoms with van der Waals surface area (Å²) in [6.45, 7) is 0. The molecule has 2 N–H and O–H groups in total. The standard InChI is InChI=1S/C11H9NO4/c13-9(14)6-1-2-8-7(5-6)12-10(15)11(16-8)3-4-11/h1-2,5H,3-4H2,(H,12,15)(H,13,14). The fourth-order valence-electron chi connectivity index (χ4n) is 1.79. The molecule has 1 aromatic rings. The van der Waals surface area contributed by atoms with Crippen molar-refractivity contribution in [2.45, 2.75) is 18.4 Å². The van der Waals surface area contributed by atoms with Crippen molar-refractivity contribution in [3.8, 4) is 5.75 Å². The van der Waals surface area contributed by atoms with Crippen LogP contribution in [-0.2, 0) is 4.79 Å². The summed E-state index contributed by atoms with van der Waals surface area (Å²) in [7, 11) is 0. The summed E-state index contributed by atoms with van der Waals surface area (Å²) >= 11 is 0. The van der Waals surface area contributed by atoms with Crippen molar-refractivity contribution in [2.75, 3.05) is 5.32 Å². The van der Waals surface area contributed by atoms with Gasteiger partial charge in [0.15, 0.2) is 5.60 Å². The number of anilines is 1. The lowest BCUT2D eigenvalue weighted by atomic mass is 10.1. The Hall–Kier alpha value is -2.04. The Balaban J connectivity index is 2.02. The number of carbonyl (C=O) groups excluding carboxylic acids is 1. The van der Waals surface area contributed by atoms with E-state index in [4.69, 9.17) is 9.84 Å². The number of carboxylic acids is 1. The van der Waals surface area contributed by atoms with Gasteiger partial charge in [0.2, 0.25) is 0 Å². The van der Waals surface area contributed by atoms with Crippen molar-refractivity contribution < 1.29 is 19.4 Å². The largest absolute Gasteiger partial charge is 0.478 e. The lowest BCUT2D eigenvalue weighted by Crippen LogP contribution is -2.39. The summed E-state index contributed by atoms with van der Waals surface area (Å²) in [6, 6.07) is 4.46. The molecule has 2 aliphatic rings. The molecule has 0 unspecified atom stereocenters. The summed E-state index contributed by atoms with van der Waals surface area (Å²) in [6.07, 6.45) is 1.44. The van der Waals surface area contributed by atoms with E-state index in [9.17, 15) is 9.59 Å². The third kappa shape index (κ3) is 1.18. The Morgan fingerprint density at radius 1 is 1.44 bits per heavy atom. The molecular formula is C11H9NO4. The van der Waals surface area contributed by atoms with Crippen LogP contribution >= 0.6 is 0 Å². The lowest BCUT2D eigenvalue weighted by Gasteiger charge is -2.25. The van der Waals surface area contributed by atoms with Gasteiger partial charge < -0.3 is 15.2 Å². The minimum absolute atomic E-state index is 0.134. The minimum Gasteiger partial charge on any atom is -0.478 e. The second kappa shape index (κ2) is 2.75. The first-order chi connectivity index (χ1) is 7.61. The van der Waals surface area contributed by atoms with Crippen molar-refractivity contribution in [3.63, 3.8) is 0 Å². The van der Waals surface area contributed by atoms with Crippen LogP contribution in [0.25, 0.3) is 0 Å². The number of carboxylic acid groups (broad SMARTS) is 1. The van der Waals surface area contributed by atoms with Crippen LogP contribution in [-0.4, -0.2) is 22.6 Å². The van der Waals surface area contributed by atoms with Gasteiger partial charge >= 0.3 is 5.97 Å². The van der Waals surface area contributed by atoms with E-state index in [0.717, 1.165) is 12.8 Å². The molecule has 1 aliphatic carbocycles. The summed E-state index contributed by atoms with van der Waals surface area (Å²) < 4.78 is 5.57. The summed E-state index contributed by atoms with van der Waals surface area (Å²) in [4.78, 5) is 22.4. The van der Waals surface area contributed by atoms with E-state index >= 15 is 0 Å². The maximum Gasteiger partial charge on any atom is 0.335 e. The number of hydrogen-bond donors (Lipinski definition) is 2. The number of ether oxygens (including phenoxy) is 1. The Morgan fingerprint density at radius 3 is 2.81 bits per heavy atom. The summed E-state index contributed by atoms with van der Waals surface area (Å²) in [5, 5.41) is 11.5. The van der Waals surface area contributed by atoms with Gasteiger partial charge in [-0.25, -0.2) is 4.79 Å². The molecule has 0 saturated heterocycles. The topological polar surface area (TPSA) is 75.6 Å². The van der Waals surface area contributed by atoms with Gasteiger partial charge in [-0.15, -0.1) is 0 Å². The number of benzene rings is 1. The molecular weight excluding hydrogens is 210 g/mol. The van der Waals surface area contributed by atoms with Crippen molar-refractivity contribution in [1.29, 1.82) is 0 Å². The molecule has 16 heavy (non-hydrogen) atoms. The van der Waals surface area contributed by atoms with E-state index in [1.807, 2.05) is 0 Å². The first-order valence-electron chi connectivity index (χ1n) is 4.99. The van der Waals surface area contributed by atoms with Crippen LogP contribution < -0.4 is 10.1 Å². The van der Waals surface area contributed by atoms with Gasteiger partial charge in [0.1, 0.15) is 5.75 Å². The van der Waals surface area contributed by atoms with Gasteiger partial charge in [0.05, 0.1) is 11.3 Å². The first-order valence-corrected chi connectivity index (χ1v) is 4.99. The van der Waals surface area contributed by atoms with Crippen molar-refractivity contribution in [1.82, 2.24) is 0 Å². The Labute approximate surface area is 91.0 Å². The molecule has 1 spiro atoms. The molecule has 0 bridgehead atoms. The maximum atomic E-state index is 11.6. The fourth-order valence-corrected chi connectivity index (χ4v) is 1.79. The zero-order valence-corrected chi connectivity index (χ0v) is 8.32. The molecule has 0 radical (unpaired) electrons. The Bertz CT molecular complexity index is 505. The SMILES string of the molecule is O=C(O)c1ccc2c(c1)NC(=O)C1(CC1)O2. The van der Waals surface area contributed by atoms with Crippen LogP contribution in [0.1, 0.15) is 23.2 Å². The minimum atomic E-state index is -1.02. The molecule has 1 aliphatic heterocycles. The predicted octanol–water partition coefficient (Wildman–Crippen LogP) is 1.25. The number of hydrogen-bond acceptors (Lipinski definition) is 3. The van der Waals surface area contributed by atoms with Crippen LogP contribution in [0, 0.1) is 0 Å². The number of amides is 1. The van der Waals surface area contributed by atoms with Crippen molar-refractivity contribution in [2.24, 2.45) is 0 Å². The lowest BCUT2D eigenvalue weighted by molar-refractivity contribution is -0.125. The number of carbonyl (C=O) groups is 2. The highest BCUT2D eigenvalue weighted by molar-refractivity contribution is 6.03. The highest BCUT2D eigenvalue weighted by atomic mass is 16.5. The Kier molecular flexibility index (Phi) is 1.58. The highest BCUT2D eigenvalue weighted by Crippen LogP contribution is 2.46. The van der Waals surface area contributed by atoms with Crippen molar-refractivity contribution >= 4 is 17.6 Å². The van der Waals surface area contributed by atoms with Crippen molar-refractivity contribution in [3.05, 3.63) is 23.8 Å². The zero-order valence-electron chi connectivity index (χ0n) is 8.32. The van der Waals surface area contributed by atoms with Crippen LogP contribution in [0.2, 0.25) is 0 Å². The third-order valence-corrected chi connectivity index (χ3v) is 2.90. The monoisotopic (exact) mass is 219 g/mol. The quantitative estimate of drug-likeness (QED) is 0.745. The van der Waals surface area contributed by atoms with Gasteiger partial charge in [-0.1, -0.05) is 0 Å². The highest BCUT2D eigenvalue weighted by Gasteiger charge is 2.55. The number of rotatable bonds is 1. The molecule has 82 valence electrons. The van der Waals surface area contributed by atoms with E-state index < -0.39 is 11.6 Å².